The number of pyridine rings is 1. The van der Waals surface area contributed by atoms with Gasteiger partial charge in [-0.15, -0.1) is 13.2 Å². The lowest BCUT2D eigenvalue weighted by Gasteiger charge is -2.18. The Kier molecular flexibility index (Phi) is 4.41. The van der Waals surface area contributed by atoms with Gasteiger partial charge in [-0.05, 0) is 0 Å². The highest BCUT2D eigenvalue weighted by molar-refractivity contribution is 7.89. The number of rotatable bonds is 3. The van der Waals surface area contributed by atoms with E-state index in [1.807, 2.05) is 0 Å². The molecule has 0 spiro atoms. The average molecular weight is 339 g/mol. The van der Waals surface area contributed by atoms with Gasteiger partial charge >= 0.3 is 12.5 Å². The number of alkyl halides is 6. The molecule has 4 N–H and O–H groups in total. The maximum atomic E-state index is 12.9. The Labute approximate surface area is 113 Å². The van der Waals surface area contributed by atoms with Crippen LogP contribution in [0.25, 0.3) is 0 Å². The molecule has 0 aromatic carbocycles. The third-order valence-electron chi connectivity index (χ3n) is 2.12. The molecule has 0 saturated heterocycles. The van der Waals surface area contributed by atoms with E-state index >= 15 is 0 Å². The molecule has 21 heavy (non-hydrogen) atoms. The van der Waals surface area contributed by atoms with Gasteiger partial charge in [0.15, 0.2) is 0 Å². The third-order valence-corrected chi connectivity index (χ3v) is 3.08. The lowest BCUT2D eigenvalue weighted by atomic mass is 10.1. The van der Waals surface area contributed by atoms with E-state index in [0.717, 1.165) is 0 Å². The summed E-state index contributed by atoms with van der Waals surface area (Å²) in [6, 6.07) is 0. The van der Waals surface area contributed by atoms with Crippen molar-refractivity contribution in [2.75, 3.05) is 0 Å². The Balaban J connectivity index is 3.71. The zero-order valence-electron chi connectivity index (χ0n) is 9.79. The number of primary sulfonamides is 1. The first-order valence-electron chi connectivity index (χ1n) is 4.85. The van der Waals surface area contributed by atoms with E-state index in [1.54, 1.807) is 0 Å². The average Bonchev–Trinajstić information content (AvgIpc) is 2.22. The summed E-state index contributed by atoms with van der Waals surface area (Å²) >= 11 is 0. The molecule has 0 aliphatic carbocycles. The number of hydrogen-bond donors (Lipinski definition) is 2. The van der Waals surface area contributed by atoms with Crippen LogP contribution in [0.5, 0.6) is 5.88 Å². The number of aromatic nitrogens is 1. The summed E-state index contributed by atoms with van der Waals surface area (Å²) in [5.74, 6) is -1.86. The highest BCUT2D eigenvalue weighted by atomic mass is 32.2. The van der Waals surface area contributed by atoms with Crippen molar-refractivity contribution in [3.05, 3.63) is 17.3 Å². The summed E-state index contributed by atoms with van der Waals surface area (Å²) in [5.41, 5.74) is 1.78. The largest absolute Gasteiger partial charge is 0.574 e. The van der Waals surface area contributed by atoms with Crippen molar-refractivity contribution in [1.29, 1.82) is 0 Å². The highest BCUT2D eigenvalue weighted by Crippen LogP contribution is 2.41. The van der Waals surface area contributed by atoms with Crippen molar-refractivity contribution in [3.8, 4) is 5.88 Å². The summed E-state index contributed by atoms with van der Waals surface area (Å²) in [4.78, 5) is 1.60. The van der Waals surface area contributed by atoms with Crippen LogP contribution in [0.2, 0.25) is 0 Å². The predicted octanol–water partition coefficient (Wildman–Crippen LogP) is 1.11. The summed E-state index contributed by atoms with van der Waals surface area (Å²) in [7, 11) is -4.67. The predicted molar refractivity (Wildman–Crippen MR) is 55.2 cm³/mol. The van der Waals surface area contributed by atoms with Gasteiger partial charge in [0.2, 0.25) is 15.9 Å². The molecular weight excluding hydrogens is 332 g/mol. The van der Waals surface area contributed by atoms with Gasteiger partial charge in [0.05, 0.1) is 6.20 Å². The quantitative estimate of drug-likeness (QED) is 0.802. The molecule has 0 bridgehead atoms. The fourth-order valence-electron chi connectivity index (χ4n) is 1.44. The van der Waals surface area contributed by atoms with Crippen molar-refractivity contribution in [1.82, 2.24) is 4.98 Å². The summed E-state index contributed by atoms with van der Waals surface area (Å²) in [6.45, 7) is -1.04. The monoisotopic (exact) mass is 339 g/mol. The molecule has 1 heterocycles. The molecule has 0 atom stereocenters. The summed E-state index contributed by atoms with van der Waals surface area (Å²) < 4.78 is 100. The normalized spacial score (nSPS) is 13.3. The maximum absolute atomic E-state index is 12.9. The maximum Gasteiger partial charge on any atom is 0.574 e. The third kappa shape index (κ3) is 4.18. The molecule has 0 unspecified atom stereocenters. The molecule has 1 aromatic heterocycles. The second kappa shape index (κ2) is 5.31. The van der Waals surface area contributed by atoms with Crippen molar-refractivity contribution in [2.45, 2.75) is 24.0 Å². The molecule has 1 aromatic rings. The number of ether oxygens (including phenoxy) is 1. The van der Waals surface area contributed by atoms with Crippen LogP contribution in [0.3, 0.4) is 0 Å². The molecule has 0 fully saturated rings. The standard InChI is InChI=1S/C8H7F6N3O3S/c9-7(10,11)5-3(1-15)4(21(16,18)19)2-17-6(5)20-8(12,13)14/h2H,1,15H2,(H2,16,18,19). The van der Waals surface area contributed by atoms with E-state index in [2.05, 4.69) is 14.9 Å². The van der Waals surface area contributed by atoms with Crippen LogP contribution >= 0.6 is 0 Å². The van der Waals surface area contributed by atoms with Crippen molar-refractivity contribution in [2.24, 2.45) is 10.9 Å². The van der Waals surface area contributed by atoms with Crippen LogP contribution in [-0.2, 0) is 22.7 Å². The zero-order chi connectivity index (χ0) is 16.6. The number of sulfonamides is 1. The number of hydrogen-bond acceptors (Lipinski definition) is 5. The van der Waals surface area contributed by atoms with E-state index in [0.29, 0.717) is 0 Å². The summed E-state index contributed by atoms with van der Waals surface area (Å²) in [6.07, 6.45) is -10.6. The van der Waals surface area contributed by atoms with Crippen molar-refractivity contribution < 1.29 is 39.5 Å². The van der Waals surface area contributed by atoms with Gasteiger partial charge in [0.1, 0.15) is 10.5 Å². The van der Waals surface area contributed by atoms with E-state index in [-0.39, 0.29) is 6.20 Å². The van der Waals surface area contributed by atoms with E-state index in [9.17, 15) is 34.8 Å². The first kappa shape index (κ1) is 17.5. The molecule has 0 radical (unpaired) electrons. The fraction of sp³-hybridized carbons (Fsp3) is 0.375. The van der Waals surface area contributed by atoms with Gasteiger partial charge in [-0.3, -0.25) is 0 Å². The number of halogens is 6. The molecular formula is C8H7F6N3O3S. The van der Waals surface area contributed by atoms with Crippen molar-refractivity contribution >= 4 is 10.0 Å². The van der Waals surface area contributed by atoms with Crippen LogP contribution < -0.4 is 15.6 Å². The van der Waals surface area contributed by atoms with Gasteiger partial charge in [0, 0.05) is 12.1 Å². The molecule has 0 aliphatic heterocycles. The molecule has 120 valence electrons. The van der Waals surface area contributed by atoms with Crippen molar-refractivity contribution in [3.63, 3.8) is 0 Å². The van der Waals surface area contributed by atoms with E-state index in [4.69, 9.17) is 5.73 Å². The van der Waals surface area contributed by atoms with Crippen LogP contribution in [0, 0.1) is 0 Å². The van der Waals surface area contributed by atoms with Crippen LogP contribution in [0.4, 0.5) is 26.3 Å². The van der Waals surface area contributed by atoms with Gasteiger partial charge in [-0.25, -0.2) is 18.5 Å². The number of nitrogens with two attached hydrogens (primary N) is 2. The Morgan fingerprint density at radius 3 is 2.05 bits per heavy atom. The second-order valence-corrected chi connectivity index (χ2v) is 5.11. The smallest absolute Gasteiger partial charge is 0.387 e. The van der Waals surface area contributed by atoms with E-state index in [1.165, 1.54) is 0 Å². The van der Waals surface area contributed by atoms with Gasteiger partial charge in [-0.1, -0.05) is 0 Å². The molecule has 13 heteroatoms. The van der Waals surface area contributed by atoms with Gasteiger partial charge in [-0.2, -0.15) is 13.2 Å². The van der Waals surface area contributed by atoms with Crippen LogP contribution in [0.15, 0.2) is 11.1 Å². The molecule has 0 saturated carbocycles. The van der Waals surface area contributed by atoms with Crippen LogP contribution in [0.1, 0.15) is 11.1 Å². The molecule has 0 amide bonds. The lowest BCUT2D eigenvalue weighted by molar-refractivity contribution is -0.278. The highest BCUT2D eigenvalue weighted by Gasteiger charge is 2.43. The first-order valence-corrected chi connectivity index (χ1v) is 6.39. The lowest BCUT2D eigenvalue weighted by Crippen LogP contribution is -2.25. The summed E-state index contributed by atoms with van der Waals surface area (Å²) in [5, 5.41) is 4.67. The molecule has 6 nitrogen and oxygen atoms in total. The SMILES string of the molecule is NCc1c(S(N)(=O)=O)cnc(OC(F)(F)F)c1C(F)(F)F. The Hall–Kier alpha value is -1.60. The Morgan fingerprint density at radius 2 is 1.71 bits per heavy atom. The van der Waals surface area contributed by atoms with Crippen LogP contribution in [-0.4, -0.2) is 19.8 Å². The molecule has 0 aliphatic rings. The van der Waals surface area contributed by atoms with Gasteiger partial charge in [0.25, 0.3) is 0 Å². The van der Waals surface area contributed by atoms with E-state index < -0.39 is 51.0 Å². The minimum atomic E-state index is -5.46. The topological polar surface area (TPSA) is 108 Å². The minimum absolute atomic E-state index is 0.216. The number of nitrogens with zero attached hydrogens (tertiary/aromatic N) is 1. The Bertz CT molecular complexity index is 640. The minimum Gasteiger partial charge on any atom is -0.387 e. The zero-order valence-corrected chi connectivity index (χ0v) is 10.6. The Morgan fingerprint density at radius 1 is 1.19 bits per heavy atom. The van der Waals surface area contributed by atoms with Gasteiger partial charge < -0.3 is 10.5 Å². The second-order valence-electron chi connectivity index (χ2n) is 3.58. The fourth-order valence-corrected chi connectivity index (χ4v) is 2.17. The first-order chi connectivity index (χ1) is 9.27. The molecule has 1 rings (SSSR count).